The van der Waals surface area contributed by atoms with Gasteiger partial charge >= 0.3 is 0 Å². The molecule has 0 aliphatic rings. The number of rotatable bonds is 4. The van der Waals surface area contributed by atoms with E-state index >= 15 is 0 Å². The van der Waals surface area contributed by atoms with Gasteiger partial charge in [0.15, 0.2) is 0 Å². The summed E-state index contributed by atoms with van der Waals surface area (Å²) in [6, 6.07) is 50.9. The summed E-state index contributed by atoms with van der Waals surface area (Å²) < 4.78 is 4.85. The highest BCUT2D eigenvalue weighted by atomic mass is 32.1. The van der Waals surface area contributed by atoms with Gasteiger partial charge in [-0.15, -0.1) is 22.7 Å². The molecule has 0 bridgehead atoms. The largest absolute Gasteiger partial charge is 0.309 e. The number of aromatic nitrogens is 3. The van der Waals surface area contributed by atoms with Crippen LogP contribution >= 0.6 is 22.7 Å². The predicted molar refractivity (Wildman–Crippen MR) is 210 cm³/mol. The molecule has 10 rings (SSSR count). The Balaban J connectivity index is 1.16. The van der Waals surface area contributed by atoms with Crippen molar-refractivity contribution in [2.24, 2.45) is 0 Å². The second-order valence-corrected chi connectivity index (χ2v) is 14.9. The molecule has 0 unspecified atom stereocenters. The first-order valence-electron chi connectivity index (χ1n) is 16.5. The van der Waals surface area contributed by atoms with Crippen molar-refractivity contribution in [1.29, 1.82) is 0 Å². The van der Waals surface area contributed by atoms with Crippen LogP contribution in [0.25, 0.3) is 91.0 Å². The number of nitrogens with zero attached hydrogens (tertiary/aromatic N) is 3. The fourth-order valence-electron chi connectivity index (χ4n) is 7.05. The minimum atomic E-state index is 1.04. The van der Waals surface area contributed by atoms with Crippen molar-refractivity contribution in [3.05, 3.63) is 151 Å². The van der Waals surface area contributed by atoms with Gasteiger partial charge in [-0.1, -0.05) is 84.9 Å². The highest BCUT2D eigenvalue weighted by molar-refractivity contribution is 7.22. The second-order valence-electron chi connectivity index (χ2n) is 12.9. The third-order valence-electron chi connectivity index (χ3n) is 9.56. The van der Waals surface area contributed by atoms with Crippen LogP contribution < -0.4 is 0 Å². The smallest absolute Gasteiger partial charge is 0.124 e. The molecular formula is C44H29N3S2. The third kappa shape index (κ3) is 4.77. The predicted octanol–water partition coefficient (Wildman–Crippen LogP) is 12.8. The Bertz CT molecular complexity index is 2770. The van der Waals surface area contributed by atoms with Crippen LogP contribution in [-0.2, 0) is 0 Å². The molecule has 0 saturated heterocycles. The Morgan fingerprint density at radius 3 is 1.57 bits per heavy atom. The lowest BCUT2D eigenvalue weighted by molar-refractivity contribution is 1.18. The summed E-state index contributed by atoms with van der Waals surface area (Å²) in [5.74, 6) is 0. The zero-order valence-electron chi connectivity index (χ0n) is 26.9. The summed E-state index contributed by atoms with van der Waals surface area (Å²) in [4.78, 5) is 10.1. The number of hydrogen-bond acceptors (Lipinski definition) is 4. The highest BCUT2D eigenvalue weighted by Gasteiger charge is 2.17. The lowest BCUT2D eigenvalue weighted by Gasteiger charge is -2.11. The van der Waals surface area contributed by atoms with Gasteiger partial charge in [0.1, 0.15) is 10.0 Å². The summed E-state index contributed by atoms with van der Waals surface area (Å²) >= 11 is 3.51. The van der Waals surface area contributed by atoms with Gasteiger partial charge in [-0.3, -0.25) is 0 Å². The van der Waals surface area contributed by atoms with Gasteiger partial charge in [-0.2, -0.15) is 0 Å². The van der Waals surface area contributed by atoms with Gasteiger partial charge in [-0.05, 0) is 101 Å². The quantitative estimate of drug-likeness (QED) is 0.188. The van der Waals surface area contributed by atoms with Crippen LogP contribution in [0.15, 0.2) is 140 Å². The van der Waals surface area contributed by atoms with Crippen molar-refractivity contribution >= 4 is 75.7 Å². The maximum Gasteiger partial charge on any atom is 0.124 e. The van der Waals surface area contributed by atoms with E-state index in [1.54, 1.807) is 22.7 Å². The van der Waals surface area contributed by atoms with Gasteiger partial charge in [0, 0.05) is 27.6 Å². The molecule has 7 aromatic carbocycles. The normalized spacial score (nSPS) is 11.9. The van der Waals surface area contributed by atoms with E-state index in [9.17, 15) is 0 Å². The van der Waals surface area contributed by atoms with E-state index in [0.29, 0.717) is 0 Å². The summed E-state index contributed by atoms with van der Waals surface area (Å²) in [7, 11) is 0. The molecule has 49 heavy (non-hydrogen) atoms. The van der Waals surface area contributed by atoms with E-state index in [2.05, 4.69) is 158 Å². The number of aryl methyl sites for hydroxylation is 2. The minimum Gasteiger partial charge on any atom is -0.309 e. The van der Waals surface area contributed by atoms with E-state index in [4.69, 9.17) is 9.97 Å². The maximum absolute atomic E-state index is 5.04. The summed E-state index contributed by atoms with van der Waals surface area (Å²) in [6.45, 7) is 4.27. The van der Waals surface area contributed by atoms with E-state index < -0.39 is 0 Å². The Morgan fingerprint density at radius 1 is 0.449 bits per heavy atom. The highest BCUT2D eigenvalue weighted by Crippen LogP contribution is 2.40. The van der Waals surface area contributed by atoms with Crippen molar-refractivity contribution in [2.45, 2.75) is 13.8 Å². The lowest BCUT2D eigenvalue weighted by atomic mass is 10.0. The van der Waals surface area contributed by atoms with Crippen molar-refractivity contribution in [3.8, 4) is 38.0 Å². The zero-order chi connectivity index (χ0) is 32.6. The topological polar surface area (TPSA) is 30.7 Å². The molecule has 0 atom stereocenters. The molecule has 0 spiro atoms. The van der Waals surface area contributed by atoms with Crippen molar-refractivity contribution in [1.82, 2.24) is 14.5 Å². The molecule has 0 saturated carbocycles. The van der Waals surface area contributed by atoms with Crippen LogP contribution in [0, 0.1) is 13.8 Å². The number of benzene rings is 7. The van der Waals surface area contributed by atoms with Gasteiger partial charge in [0.05, 0.1) is 31.5 Å². The Labute approximate surface area is 291 Å². The Hall–Kier alpha value is -5.62. The van der Waals surface area contributed by atoms with Crippen molar-refractivity contribution in [3.63, 3.8) is 0 Å². The molecular weight excluding hydrogens is 635 g/mol. The van der Waals surface area contributed by atoms with Gasteiger partial charge in [0.25, 0.3) is 0 Å². The minimum absolute atomic E-state index is 1.04. The van der Waals surface area contributed by atoms with Gasteiger partial charge in [0.2, 0.25) is 0 Å². The van der Waals surface area contributed by atoms with Crippen LogP contribution in [0.1, 0.15) is 11.1 Å². The Morgan fingerprint density at radius 2 is 0.980 bits per heavy atom. The van der Waals surface area contributed by atoms with Crippen LogP contribution in [0.3, 0.4) is 0 Å². The molecule has 0 fully saturated rings. The van der Waals surface area contributed by atoms with Crippen molar-refractivity contribution in [2.75, 3.05) is 0 Å². The molecule has 3 nitrogen and oxygen atoms in total. The van der Waals surface area contributed by atoms with Crippen LogP contribution in [0.2, 0.25) is 0 Å². The summed E-state index contributed by atoms with van der Waals surface area (Å²) in [5, 5.41) is 7.03. The number of fused-ring (bicyclic) bond motifs is 6. The molecule has 3 heterocycles. The van der Waals surface area contributed by atoms with Crippen molar-refractivity contribution < 1.29 is 0 Å². The second kappa shape index (κ2) is 11.0. The average molecular weight is 664 g/mol. The molecule has 0 aliphatic carbocycles. The van der Waals surface area contributed by atoms with E-state index in [0.717, 1.165) is 37.9 Å². The number of thiazole rings is 2. The number of hydrogen-bond donors (Lipinski definition) is 0. The average Bonchev–Trinajstić information content (AvgIpc) is 3.84. The molecule has 232 valence electrons. The first kappa shape index (κ1) is 28.4. The molecule has 0 aliphatic heterocycles. The fourth-order valence-corrected chi connectivity index (χ4v) is 9.17. The van der Waals surface area contributed by atoms with Gasteiger partial charge in [-0.25, -0.2) is 9.97 Å². The van der Waals surface area contributed by atoms with Crippen LogP contribution in [0.4, 0.5) is 0 Å². The monoisotopic (exact) mass is 663 g/mol. The fraction of sp³-hybridized carbons (Fsp3) is 0.0455. The first-order chi connectivity index (χ1) is 24.0. The molecule has 3 aromatic heterocycles. The SMILES string of the molecule is Cc1ccc2nc(-c3ccc4c5ccc(-c6nc7ccc(C)cc7s6)cc5n(-c5ccc(-c6ccc7ccccc7c6)cc5)c4c3)sc2c1. The summed E-state index contributed by atoms with van der Waals surface area (Å²) in [5.41, 5.74) is 12.7. The molecule has 5 heteroatoms. The molecule has 0 N–H and O–H groups in total. The Kier molecular flexibility index (Phi) is 6.35. The zero-order valence-corrected chi connectivity index (χ0v) is 28.6. The first-order valence-corrected chi connectivity index (χ1v) is 18.1. The molecule has 0 amide bonds. The maximum atomic E-state index is 5.04. The third-order valence-corrected chi connectivity index (χ3v) is 11.7. The van der Waals surface area contributed by atoms with E-state index in [-0.39, 0.29) is 0 Å². The van der Waals surface area contributed by atoms with Crippen LogP contribution in [0.5, 0.6) is 0 Å². The van der Waals surface area contributed by atoms with E-state index in [1.807, 2.05) is 0 Å². The standard InChI is InChI=1S/C44H29N3S2/c1-26-7-19-37-41(21-26)48-43(45-37)32-13-17-35-36-18-14-33(44-46-38-20-8-27(2)22-42(38)49-44)25-40(36)47(39(35)24-32)34-15-11-29(12-16-34)31-10-9-28-5-3-4-6-30(28)23-31/h3-25H,1-2H3. The van der Waals surface area contributed by atoms with Gasteiger partial charge < -0.3 is 4.57 Å². The van der Waals surface area contributed by atoms with E-state index in [1.165, 1.54) is 64.2 Å². The van der Waals surface area contributed by atoms with Crippen LogP contribution in [-0.4, -0.2) is 14.5 Å². The lowest BCUT2D eigenvalue weighted by Crippen LogP contribution is -1.94. The molecule has 10 aromatic rings. The summed E-state index contributed by atoms with van der Waals surface area (Å²) in [6.07, 6.45) is 0. The molecule has 0 radical (unpaired) electrons.